The Hall–Kier alpha value is -1.45. The van der Waals surface area contributed by atoms with Gasteiger partial charge >= 0.3 is 0 Å². The van der Waals surface area contributed by atoms with Crippen molar-refractivity contribution in [3.05, 3.63) is 23.5 Å². The smallest absolute Gasteiger partial charge is 0.137 e. The van der Waals surface area contributed by atoms with Crippen LogP contribution in [-0.4, -0.2) is 16.8 Å². The fraction of sp³-hybridized carbons (Fsp3) is 0.583. The predicted octanol–water partition coefficient (Wildman–Crippen LogP) is 2.84. The van der Waals surface area contributed by atoms with E-state index in [0.29, 0.717) is 0 Å². The molecule has 16 heavy (non-hydrogen) atoms. The number of fused-ring (bicyclic) bond motifs is 2. The quantitative estimate of drug-likeness (QED) is 0.716. The Morgan fingerprint density at radius 3 is 2.94 bits per heavy atom. The average molecular weight is 219 g/mol. The summed E-state index contributed by atoms with van der Waals surface area (Å²) < 4.78 is 0. The van der Waals surface area contributed by atoms with Gasteiger partial charge in [-0.15, -0.1) is 5.11 Å². The summed E-state index contributed by atoms with van der Waals surface area (Å²) in [5.74, 6) is 0.192. The van der Waals surface area contributed by atoms with Crippen molar-refractivity contribution >= 4 is 5.78 Å². The molecule has 0 aromatic carbocycles. The Morgan fingerprint density at radius 1 is 1.56 bits per heavy atom. The van der Waals surface area contributed by atoms with Crippen molar-refractivity contribution in [2.75, 3.05) is 0 Å². The first-order valence-corrected chi connectivity index (χ1v) is 5.69. The number of ketones is 1. The average Bonchev–Trinajstić information content (AvgIpc) is 2.38. The first-order valence-electron chi connectivity index (χ1n) is 5.69. The van der Waals surface area contributed by atoms with Crippen LogP contribution in [0.25, 0.3) is 0 Å². The third-order valence-electron chi connectivity index (χ3n) is 2.94. The summed E-state index contributed by atoms with van der Waals surface area (Å²) in [6.45, 7) is 5.79. The van der Waals surface area contributed by atoms with Crippen LogP contribution in [-0.2, 0) is 4.79 Å². The van der Waals surface area contributed by atoms with Gasteiger partial charge in [0.15, 0.2) is 0 Å². The summed E-state index contributed by atoms with van der Waals surface area (Å²) in [6, 6.07) is 0.280. The van der Waals surface area contributed by atoms with Crippen LogP contribution in [0.1, 0.15) is 33.6 Å². The highest BCUT2D eigenvalue weighted by molar-refractivity contribution is 5.80. The first-order chi connectivity index (χ1) is 7.58. The van der Waals surface area contributed by atoms with Crippen LogP contribution in [0.3, 0.4) is 0 Å². The molecule has 1 aliphatic carbocycles. The normalized spacial score (nSPS) is 24.0. The van der Waals surface area contributed by atoms with Gasteiger partial charge in [-0.1, -0.05) is 17.4 Å². The number of hydrogen-bond donors (Lipinski definition) is 0. The number of nitrogens with zero attached hydrogens (tertiary/aromatic N) is 3. The largest absolute Gasteiger partial charge is 0.299 e. The van der Waals surface area contributed by atoms with Gasteiger partial charge in [0.2, 0.25) is 0 Å². The molecule has 0 spiro atoms. The van der Waals surface area contributed by atoms with Gasteiger partial charge < -0.3 is 0 Å². The van der Waals surface area contributed by atoms with E-state index in [9.17, 15) is 4.79 Å². The molecule has 0 amide bonds. The molecule has 4 heteroatoms. The lowest BCUT2D eigenvalue weighted by Crippen LogP contribution is -2.27. The summed E-state index contributed by atoms with van der Waals surface area (Å²) in [6.07, 6.45) is 5.62. The maximum Gasteiger partial charge on any atom is 0.137 e. The van der Waals surface area contributed by atoms with Gasteiger partial charge in [0.25, 0.3) is 0 Å². The van der Waals surface area contributed by atoms with Crippen molar-refractivity contribution < 1.29 is 4.79 Å². The third kappa shape index (κ3) is 2.05. The number of rotatable bonds is 2. The maximum atomic E-state index is 11.5. The standard InChI is InChI=1S/C12H17N3O/c1-8(2)15-12-6-10(9(3)16)4-5-11(7-12)13-14-15/h5-6,8,10H,4,7H2,1-3H3. The van der Waals surface area contributed by atoms with Gasteiger partial charge in [0, 0.05) is 24.1 Å². The van der Waals surface area contributed by atoms with E-state index in [0.717, 1.165) is 24.2 Å². The van der Waals surface area contributed by atoms with E-state index in [2.05, 4.69) is 24.2 Å². The van der Waals surface area contributed by atoms with Gasteiger partial charge in [-0.3, -0.25) is 4.79 Å². The monoisotopic (exact) mass is 219 g/mol. The Bertz CT molecular complexity index is 393. The molecule has 2 rings (SSSR count). The van der Waals surface area contributed by atoms with Crippen molar-refractivity contribution in [2.24, 2.45) is 16.3 Å². The highest BCUT2D eigenvalue weighted by Crippen LogP contribution is 2.31. The lowest BCUT2D eigenvalue weighted by Gasteiger charge is -2.27. The summed E-state index contributed by atoms with van der Waals surface area (Å²) in [7, 11) is 0. The summed E-state index contributed by atoms with van der Waals surface area (Å²) >= 11 is 0. The fourth-order valence-corrected chi connectivity index (χ4v) is 1.99. The molecular weight excluding hydrogens is 202 g/mol. The van der Waals surface area contributed by atoms with Crippen LogP contribution in [0.5, 0.6) is 0 Å². The van der Waals surface area contributed by atoms with Crippen LogP contribution in [0.15, 0.2) is 33.9 Å². The fourth-order valence-electron chi connectivity index (χ4n) is 1.99. The Kier molecular flexibility index (Phi) is 2.90. The molecule has 1 unspecified atom stereocenters. The van der Waals surface area contributed by atoms with Crippen molar-refractivity contribution in [2.45, 2.75) is 39.7 Å². The van der Waals surface area contributed by atoms with E-state index in [4.69, 9.17) is 0 Å². The highest BCUT2D eigenvalue weighted by atomic mass is 16.1. The lowest BCUT2D eigenvalue weighted by molar-refractivity contribution is -0.119. The first kappa shape index (κ1) is 11.0. The summed E-state index contributed by atoms with van der Waals surface area (Å²) in [5.41, 5.74) is 2.08. The van der Waals surface area contributed by atoms with Gasteiger partial charge in [-0.2, -0.15) is 0 Å². The Labute approximate surface area is 95.7 Å². The molecule has 1 atom stereocenters. The van der Waals surface area contributed by atoms with Gasteiger partial charge in [-0.05, 0) is 27.2 Å². The van der Waals surface area contributed by atoms with Crippen molar-refractivity contribution in [3.63, 3.8) is 0 Å². The van der Waals surface area contributed by atoms with Crippen molar-refractivity contribution in [3.8, 4) is 0 Å². The molecule has 1 heterocycles. The van der Waals surface area contributed by atoms with Crippen LogP contribution in [0, 0.1) is 5.92 Å². The van der Waals surface area contributed by atoms with E-state index in [-0.39, 0.29) is 17.7 Å². The third-order valence-corrected chi connectivity index (χ3v) is 2.94. The molecule has 2 aliphatic rings. The highest BCUT2D eigenvalue weighted by Gasteiger charge is 2.24. The SMILES string of the molecule is CC(=O)C1C=C2CC(=CC1)N=NN2C(C)C. The zero-order valence-corrected chi connectivity index (χ0v) is 9.97. The lowest BCUT2D eigenvalue weighted by atomic mass is 10.0. The maximum absolute atomic E-state index is 11.5. The van der Waals surface area contributed by atoms with Crippen LogP contribution in [0.2, 0.25) is 0 Å². The molecule has 0 saturated carbocycles. The number of hydrogen-bond acceptors (Lipinski definition) is 4. The second-order valence-corrected chi connectivity index (χ2v) is 4.61. The minimum absolute atomic E-state index is 0.0164. The molecular formula is C12H17N3O. The number of allylic oxidation sites excluding steroid dienone is 2. The molecule has 4 nitrogen and oxygen atoms in total. The van der Waals surface area contributed by atoms with Gasteiger partial charge in [-0.25, -0.2) is 5.01 Å². The summed E-state index contributed by atoms with van der Waals surface area (Å²) in [5, 5.41) is 10.2. The zero-order valence-electron chi connectivity index (χ0n) is 9.97. The molecule has 0 aromatic rings. The van der Waals surface area contributed by atoms with Crippen LogP contribution in [0.4, 0.5) is 0 Å². The predicted molar refractivity (Wildman–Crippen MR) is 61.4 cm³/mol. The molecule has 0 saturated heterocycles. The van der Waals surface area contributed by atoms with E-state index in [1.54, 1.807) is 6.92 Å². The molecule has 1 aliphatic heterocycles. The number of Topliss-reactive ketones (excluding diaryl/α,β-unsaturated/α-hetero) is 1. The summed E-state index contributed by atoms with van der Waals surface area (Å²) in [4.78, 5) is 11.5. The molecule has 0 radical (unpaired) electrons. The van der Waals surface area contributed by atoms with Gasteiger partial charge in [0.05, 0.1) is 5.70 Å². The van der Waals surface area contributed by atoms with Crippen LogP contribution < -0.4 is 0 Å². The Balaban J connectivity index is 2.35. The van der Waals surface area contributed by atoms with E-state index in [1.165, 1.54) is 0 Å². The van der Waals surface area contributed by atoms with Crippen LogP contribution >= 0.6 is 0 Å². The van der Waals surface area contributed by atoms with E-state index >= 15 is 0 Å². The van der Waals surface area contributed by atoms with Crippen molar-refractivity contribution in [1.29, 1.82) is 0 Å². The second kappa shape index (κ2) is 4.20. The van der Waals surface area contributed by atoms with E-state index < -0.39 is 0 Å². The minimum Gasteiger partial charge on any atom is -0.299 e. The number of carbonyl (C=O) groups is 1. The van der Waals surface area contributed by atoms with Gasteiger partial charge in [0.1, 0.15) is 5.78 Å². The van der Waals surface area contributed by atoms with E-state index in [1.807, 2.05) is 17.2 Å². The molecule has 0 fully saturated rings. The molecule has 86 valence electrons. The molecule has 0 N–H and O–H groups in total. The molecule has 0 aromatic heterocycles. The number of carbonyl (C=O) groups excluding carboxylic acids is 1. The zero-order chi connectivity index (χ0) is 11.7. The topological polar surface area (TPSA) is 45.0 Å². The second-order valence-electron chi connectivity index (χ2n) is 4.61. The minimum atomic E-state index is -0.0164. The van der Waals surface area contributed by atoms with Crippen molar-refractivity contribution in [1.82, 2.24) is 5.01 Å². The molecule has 2 bridgehead atoms. The Morgan fingerprint density at radius 2 is 2.31 bits per heavy atom.